The number of fused-ring (bicyclic) bond motifs is 3. The smallest absolute Gasteiger partial charge is 0.410 e. The number of esters is 1. The number of hydrogen-bond donors (Lipinski definition) is 0. The van der Waals surface area contributed by atoms with Gasteiger partial charge < -0.3 is 23.7 Å². The standard InChI is InChI=1S/C24H25NO7/c1-24(2)31-20-18-19(30-22(20)32-24)17(29-21(26)16-11-7-4-8-12-16)13-25(18)23(27)28-14-15-9-5-3-6-10-15/h3-12,17-20,22H,13-14H2,1-2H3/t17-,18-,19+,20+,22+/m0/s1. The van der Waals surface area contributed by atoms with Crippen molar-refractivity contribution in [1.82, 2.24) is 4.90 Å². The lowest BCUT2D eigenvalue weighted by molar-refractivity contribution is -0.212. The first kappa shape index (κ1) is 20.9. The molecule has 32 heavy (non-hydrogen) atoms. The van der Waals surface area contributed by atoms with Crippen molar-refractivity contribution in [3.63, 3.8) is 0 Å². The van der Waals surface area contributed by atoms with E-state index in [1.54, 1.807) is 38.1 Å². The highest BCUT2D eigenvalue weighted by Gasteiger charge is 2.63. The Balaban J connectivity index is 1.33. The summed E-state index contributed by atoms with van der Waals surface area (Å²) in [7, 11) is 0. The molecule has 3 heterocycles. The highest BCUT2D eigenvalue weighted by atomic mass is 16.8. The van der Waals surface area contributed by atoms with E-state index in [4.69, 9.17) is 23.7 Å². The Hall–Kier alpha value is -2.94. The molecule has 0 aromatic heterocycles. The molecule has 2 aromatic carbocycles. The van der Waals surface area contributed by atoms with E-state index in [0.29, 0.717) is 5.56 Å². The Bertz CT molecular complexity index is 980. The summed E-state index contributed by atoms with van der Waals surface area (Å²) in [6.45, 7) is 3.88. The average Bonchev–Trinajstić information content (AvgIpc) is 3.40. The summed E-state index contributed by atoms with van der Waals surface area (Å²) >= 11 is 0. The molecular weight excluding hydrogens is 414 g/mol. The first-order valence-electron chi connectivity index (χ1n) is 10.7. The predicted octanol–water partition coefficient (Wildman–Crippen LogP) is 3.11. The van der Waals surface area contributed by atoms with Gasteiger partial charge in [-0.3, -0.25) is 4.90 Å². The minimum atomic E-state index is -0.835. The molecule has 2 aromatic rings. The second-order valence-electron chi connectivity index (χ2n) is 8.56. The van der Waals surface area contributed by atoms with Crippen molar-refractivity contribution < 1.29 is 33.3 Å². The summed E-state index contributed by atoms with van der Waals surface area (Å²) in [6, 6.07) is 17.7. The van der Waals surface area contributed by atoms with Crippen LogP contribution in [-0.4, -0.2) is 59.9 Å². The van der Waals surface area contributed by atoms with Crippen LogP contribution in [0.25, 0.3) is 0 Å². The monoisotopic (exact) mass is 439 g/mol. The van der Waals surface area contributed by atoms with Gasteiger partial charge in [-0.1, -0.05) is 48.5 Å². The molecule has 0 aliphatic carbocycles. The number of carbonyl (C=O) groups is 2. The summed E-state index contributed by atoms with van der Waals surface area (Å²) in [5, 5.41) is 0. The highest BCUT2D eigenvalue weighted by Crippen LogP contribution is 2.44. The Morgan fingerprint density at radius 1 is 1.00 bits per heavy atom. The topological polar surface area (TPSA) is 83.5 Å². The summed E-state index contributed by atoms with van der Waals surface area (Å²) in [5.41, 5.74) is 1.31. The van der Waals surface area contributed by atoms with E-state index in [1.807, 2.05) is 36.4 Å². The van der Waals surface area contributed by atoms with Gasteiger partial charge in [0.25, 0.3) is 0 Å². The summed E-state index contributed by atoms with van der Waals surface area (Å²) in [6.07, 6.45) is -2.90. The number of benzene rings is 2. The molecule has 0 saturated carbocycles. The minimum Gasteiger partial charge on any atom is -0.454 e. The maximum atomic E-state index is 13.0. The molecule has 8 heteroatoms. The van der Waals surface area contributed by atoms with Gasteiger partial charge in [0.05, 0.1) is 18.2 Å². The van der Waals surface area contributed by atoms with Crippen molar-refractivity contribution in [3.8, 4) is 0 Å². The largest absolute Gasteiger partial charge is 0.454 e. The van der Waals surface area contributed by atoms with Gasteiger partial charge in [-0.15, -0.1) is 0 Å². The molecule has 5 atom stereocenters. The third-order valence-electron chi connectivity index (χ3n) is 5.86. The molecule has 0 bridgehead atoms. The van der Waals surface area contributed by atoms with Gasteiger partial charge in [-0.2, -0.15) is 0 Å². The van der Waals surface area contributed by atoms with Crippen molar-refractivity contribution in [2.24, 2.45) is 0 Å². The van der Waals surface area contributed by atoms with Gasteiger partial charge in [-0.25, -0.2) is 9.59 Å². The predicted molar refractivity (Wildman–Crippen MR) is 111 cm³/mol. The van der Waals surface area contributed by atoms with Crippen LogP contribution in [0, 0.1) is 0 Å². The molecule has 0 N–H and O–H groups in total. The van der Waals surface area contributed by atoms with Gasteiger partial charge in [0.2, 0.25) is 0 Å². The summed E-state index contributed by atoms with van der Waals surface area (Å²) in [5.74, 6) is -1.31. The number of nitrogens with zero attached hydrogens (tertiary/aromatic N) is 1. The van der Waals surface area contributed by atoms with Crippen LogP contribution in [0.2, 0.25) is 0 Å². The molecule has 8 nitrogen and oxygen atoms in total. The maximum Gasteiger partial charge on any atom is 0.410 e. The van der Waals surface area contributed by atoms with Crippen LogP contribution in [0.4, 0.5) is 4.79 Å². The van der Waals surface area contributed by atoms with Gasteiger partial charge >= 0.3 is 12.1 Å². The molecule has 3 aliphatic rings. The van der Waals surface area contributed by atoms with Crippen molar-refractivity contribution in [3.05, 3.63) is 71.8 Å². The molecular formula is C24H25NO7. The Labute approximate surface area is 186 Å². The molecule has 3 aliphatic heterocycles. The van der Waals surface area contributed by atoms with Gasteiger partial charge in [-0.05, 0) is 31.5 Å². The second kappa shape index (κ2) is 8.20. The fourth-order valence-electron chi connectivity index (χ4n) is 4.48. The molecule has 3 saturated heterocycles. The van der Waals surface area contributed by atoms with Crippen LogP contribution in [0.5, 0.6) is 0 Å². The first-order chi connectivity index (χ1) is 15.4. The lowest BCUT2D eigenvalue weighted by atomic mass is 10.1. The van der Waals surface area contributed by atoms with E-state index in [9.17, 15) is 9.59 Å². The molecule has 1 amide bonds. The van der Waals surface area contributed by atoms with E-state index >= 15 is 0 Å². The average molecular weight is 439 g/mol. The van der Waals surface area contributed by atoms with Crippen LogP contribution < -0.4 is 0 Å². The van der Waals surface area contributed by atoms with E-state index < -0.39 is 48.5 Å². The number of ether oxygens (including phenoxy) is 5. The SMILES string of the molecule is CC1(C)O[C@H]2O[C@H]3[C@@H]([C@H]2O1)N(C(=O)OCc1ccccc1)C[C@@H]3OC(=O)c1ccccc1. The summed E-state index contributed by atoms with van der Waals surface area (Å²) in [4.78, 5) is 27.2. The van der Waals surface area contributed by atoms with Crippen molar-refractivity contribution >= 4 is 12.1 Å². The molecule has 5 rings (SSSR count). The molecule has 168 valence electrons. The van der Waals surface area contributed by atoms with E-state index in [2.05, 4.69) is 0 Å². The molecule has 0 spiro atoms. The lowest BCUT2D eigenvalue weighted by Crippen LogP contribution is -2.46. The summed E-state index contributed by atoms with van der Waals surface area (Å²) < 4.78 is 29.2. The Morgan fingerprint density at radius 2 is 1.69 bits per heavy atom. The van der Waals surface area contributed by atoms with E-state index in [1.165, 1.54) is 4.90 Å². The second-order valence-corrected chi connectivity index (χ2v) is 8.56. The number of carbonyl (C=O) groups excluding carboxylic acids is 2. The number of rotatable bonds is 4. The quantitative estimate of drug-likeness (QED) is 0.677. The Kier molecular flexibility index (Phi) is 5.36. The van der Waals surface area contributed by atoms with E-state index in [-0.39, 0.29) is 13.2 Å². The van der Waals surface area contributed by atoms with Crippen LogP contribution >= 0.6 is 0 Å². The fraction of sp³-hybridized carbons (Fsp3) is 0.417. The number of amides is 1. The molecule has 0 radical (unpaired) electrons. The van der Waals surface area contributed by atoms with Crippen LogP contribution in [-0.2, 0) is 30.3 Å². The van der Waals surface area contributed by atoms with Crippen LogP contribution in [0.3, 0.4) is 0 Å². The zero-order valence-electron chi connectivity index (χ0n) is 17.9. The van der Waals surface area contributed by atoms with Gasteiger partial charge in [0.15, 0.2) is 12.1 Å². The normalized spacial score (nSPS) is 29.9. The fourth-order valence-corrected chi connectivity index (χ4v) is 4.48. The lowest BCUT2D eigenvalue weighted by Gasteiger charge is -2.27. The zero-order valence-corrected chi connectivity index (χ0v) is 17.9. The van der Waals surface area contributed by atoms with E-state index in [0.717, 1.165) is 5.56 Å². The zero-order chi connectivity index (χ0) is 22.3. The maximum absolute atomic E-state index is 13.0. The van der Waals surface area contributed by atoms with Crippen LogP contribution in [0.1, 0.15) is 29.8 Å². The van der Waals surface area contributed by atoms with Gasteiger partial charge in [0.1, 0.15) is 24.9 Å². The Morgan fingerprint density at radius 3 is 2.41 bits per heavy atom. The number of hydrogen-bond acceptors (Lipinski definition) is 7. The highest BCUT2D eigenvalue weighted by molar-refractivity contribution is 5.89. The first-order valence-corrected chi connectivity index (χ1v) is 10.7. The minimum absolute atomic E-state index is 0.139. The van der Waals surface area contributed by atoms with Crippen molar-refractivity contribution in [1.29, 1.82) is 0 Å². The third kappa shape index (κ3) is 3.97. The molecule has 3 fully saturated rings. The van der Waals surface area contributed by atoms with Crippen molar-refractivity contribution in [2.45, 2.75) is 56.9 Å². The number of likely N-dealkylation sites (tertiary alicyclic amines) is 1. The van der Waals surface area contributed by atoms with Crippen LogP contribution in [0.15, 0.2) is 60.7 Å². The third-order valence-corrected chi connectivity index (χ3v) is 5.86. The molecule has 0 unspecified atom stereocenters. The van der Waals surface area contributed by atoms with Gasteiger partial charge in [0, 0.05) is 0 Å². The van der Waals surface area contributed by atoms with Crippen molar-refractivity contribution in [2.75, 3.05) is 6.54 Å².